The fourth-order valence-electron chi connectivity index (χ4n) is 3.01. The Hall–Kier alpha value is -2.67. The molecule has 7 heteroatoms. The number of nitrogens with zero attached hydrogens (tertiary/aromatic N) is 2. The van der Waals surface area contributed by atoms with E-state index < -0.39 is 6.10 Å². The molecule has 2 aromatic rings. The number of carbonyl (C=O) groups is 1. The zero-order chi connectivity index (χ0) is 20.8. The molecule has 3 rings (SSSR count). The Morgan fingerprint density at radius 2 is 1.97 bits per heavy atom. The fraction of sp³-hybridized carbons (Fsp3) is 0.364. The van der Waals surface area contributed by atoms with Gasteiger partial charge in [-0.15, -0.1) is 0 Å². The zero-order valence-electron chi connectivity index (χ0n) is 17.2. The van der Waals surface area contributed by atoms with E-state index in [9.17, 15) is 4.79 Å². The Bertz CT molecular complexity index is 900. The topological polar surface area (TPSA) is 60.4 Å². The molecule has 154 valence electrons. The molecule has 0 aliphatic carbocycles. The molecule has 0 N–H and O–H groups in total. The van der Waals surface area contributed by atoms with Crippen LogP contribution in [0.15, 0.2) is 47.5 Å². The molecule has 0 saturated carbocycles. The van der Waals surface area contributed by atoms with E-state index in [1.807, 2.05) is 37.3 Å². The van der Waals surface area contributed by atoms with Crippen LogP contribution in [0.5, 0.6) is 17.2 Å². The Balaban J connectivity index is 1.83. The summed E-state index contributed by atoms with van der Waals surface area (Å²) in [6.45, 7) is 4.37. The number of aryl methyl sites for hydroxylation is 1. The second-order valence-corrected chi connectivity index (χ2v) is 7.76. The molecule has 0 radical (unpaired) electrons. The fourth-order valence-corrected chi connectivity index (χ4v) is 3.96. The van der Waals surface area contributed by atoms with Crippen LogP contribution in [0.4, 0.5) is 5.69 Å². The number of aliphatic imine (C=N–C) groups is 1. The standard InChI is InChI=1S/C22H26N2O4S/c1-15-7-5-8-18(13-15)28-16(2)21(25)24-11-6-12-29-22(24)23-19-14-17(26-3)9-10-20(19)27-4/h5,7-10,13-14,16H,6,11-12H2,1-4H3/t16-/m0/s1. The van der Waals surface area contributed by atoms with Gasteiger partial charge in [0.05, 0.1) is 14.2 Å². The summed E-state index contributed by atoms with van der Waals surface area (Å²) in [5.41, 5.74) is 1.71. The summed E-state index contributed by atoms with van der Waals surface area (Å²) in [6, 6.07) is 13.1. The molecule has 0 bridgehead atoms. The van der Waals surface area contributed by atoms with Crippen LogP contribution in [-0.4, -0.2) is 48.6 Å². The highest BCUT2D eigenvalue weighted by atomic mass is 32.2. The van der Waals surface area contributed by atoms with E-state index in [2.05, 4.69) is 0 Å². The maximum atomic E-state index is 13.1. The Morgan fingerprint density at radius 1 is 1.14 bits per heavy atom. The lowest BCUT2D eigenvalue weighted by molar-refractivity contribution is -0.133. The van der Waals surface area contributed by atoms with E-state index in [4.69, 9.17) is 19.2 Å². The molecule has 1 aliphatic heterocycles. The Labute approximate surface area is 175 Å². The third-order valence-corrected chi connectivity index (χ3v) is 5.57. The van der Waals surface area contributed by atoms with Crippen LogP contribution in [0.2, 0.25) is 0 Å². The second kappa shape index (κ2) is 9.69. The number of methoxy groups -OCH3 is 2. The van der Waals surface area contributed by atoms with Crippen molar-refractivity contribution < 1.29 is 19.0 Å². The minimum atomic E-state index is -0.618. The van der Waals surface area contributed by atoms with Crippen molar-refractivity contribution in [1.29, 1.82) is 0 Å². The van der Waals surface area contributed by atoms with Gasteiger partial charge in [-0.05, 0) is 50.1 Å². The van der Waals surface area contributed by atoms with E-state index in [-0.39, 0.29) is 5.91 Å². The van der Waals surface area contributed by atoms with Crippen LogP contribution in [0.1, 0.15) is 18.9 Å². The maximum absolute atomic E-state index is 13.1. The molecule has 0 aromatic heterocycles. The first-order valence-electron chi connectivity index (χ1n) is 9.50. The second-order valence-electron chi connectivity index (χ2n) is 6.70. The first kappa shape index (κ1) is 21.0. The van der Waals surface area contributed by atoms with Crippen molar-refractivity contribution in [3.05, 3.63) is 48.0 Å². The van der Waals surface area contributed by atoms with E-state index >= 15 is 0 Å². The molecule has 1 fully saturated rings. The van der Waals surface area contributed by atoms with Crippen LogP contribution < -0.4 is 14.2 Å². The first-order chi connectivity index (χ1) is 14.0. The molecule has 1 atom stereocenters. The molecule has 29 heavy (non-hydrogen) atoms. The van der Waals surface area contributed by atoms with Crippen molar-refractivity contribution in [2.45, 2.75) is 26.4 Å². The number of amidine groups is 1. The van der Waals surface area contributed by atoms with Gasteiger partial charge in [-0.25, -0.2) is 4.99 Å². The number of ether oxygens (including phenoxy) is 3. The largest absolute Gasteiger partial charge is 0.497 e. The summed E-state index contributed by atoms with van der Waals surface area (Å²) in [5.74, 6) is 2.78. The number of hydrogen-bond acceptors (Lipinski definition) is 6. The number of thioether (sulfide) groups is 1. The summed E-state index contributed by atoms with van der Waals surface area (Å²) in [6.07, 6.45) is 0.287. The van der Waals surface area contributed by atoms with Crippen LogP contribution in [0.3, 0.4) is 0 Å². The van der Waals surface area contributed by atoms with Crippen molar-refractivity contribution >= 4 is 28.5 Å². The molecule has 6 nitrogen and oxygen atoms in total. The molecular weight excluding hydrogens is 388 g/mol. The van der Waals surface area contributed by atoms with Crippen molar-refractivity contribution in [1.82, 2.24) is 4.90 Å². The minimum absolute atomic E-state index is 0.112. The predicted octanol–water partition coefficient (Wildman–Crippen LogP) is 4.43. The normalized spacial score (nSPS) is 16.4. The van der Waals surface area contributed by atoms with Crippen molar-refractivity contribution in [2.75, 3.05) is 26.5 Å². The van der Waals surface area contributed by atoms with Crippen molar-refractivity contribution in [3.63, 3.8) is 0 Å². The van der Waals surface area contributed by atoms with Crippen LogP contribution >= 0.6 is 11.8 Å². The van der Waals surface area contributed by atoms with Crippen molar-refractivity contribution in [2.24, 2.45) is 4.99 Å². The average Bonchev–Trinajstić information content (AvgIpc) is 2.73. The van der Waals surface area contributed by atoms with Crippen LogP contribution in [0, 0.1) is 6.92 Å². The van der Waals surface area contributed by atoms with Crippen LogP contribution in [0.25, 0.3) is 0 Å². The summed E-state index contributed by atoms with van der Waals surface area (Å²) < 4.78 is 16.6. The highest BCUT2D eigenvalue weighted by Crippen LogP contribution is 2.34. The van der Waals surface area contributed by atoms with Gasteiger partial charge in [0.25, 0.3) is 5.91 Å². The molecule has 1 amide bonds. The van der Waals surface area contributed by atoms with E-state index in [0.717, 1.165) is 17.7 Å². The molecular formula is C22H26N2O4S. The maximum Gasteiger partial charge on any atom is 0.269 e. The van der Waals surface area contributed by atoms with Crippen LogP contribution in [-0.2, 0) is 4.79 Å². The summed E-state index contributed by atoms with van der Waals surface area (Å²) in [7, 11) is 3.20. The number of benzene rings is 2. The number of rotatable bonds is 6. The smallest absolute Gasteiger partial charge is 0.269 e. The van der Waals surface area contributed by atoms with Gasteiger partial charge in [0.1, 0.15) is 22.9 Å². The van der Waals surface area contributed by atoms with Gasteiger partial charge in [-0.1, -0.05) is 23.9 Å². The van der Waals surface area contributed by atoms with Gasteiger partial charge in [0, 0.05) is 18.4 Å². The summed E-state index contributed by atoms with van der Waals surface area (Å²) >= 11 is 1.56. The predicted molar refractivity (Wildman–Crippen MR) is 117 cm³/mol. The number of amides is 1. The molecule has 0 spiro atoms. The van der Waals surface area contributed by atoms with Gasteiger partial charge in [-0.2, -0.15) is 0 Å². The quantitative estimate of drug-likeness (QED) is 0.700. The molecule has 2 aromatic carbocycles. The lowest BCUT2D eigenvalue weighted by Crippen LogP contribution is -2.45. The summed E-state index contributed by atoms with van der Waals surface area (Å²) in [5, 5.41) is 0.646. The average molecular weight is 415 g/mol. The lowest BCUT2D eigenvalue weighted by atomic mass is 10.2. The minimum Gasteiger partial charge on any atom is -0.497 e. The van der Waals surface area contributed by atoms with Gasteiger partial charge in [0.2, 0.25) is 0 Å². The molecule has 1 saturated heterocycles. The highest BCUT2D eigenvalue weighted by molar-refractivity contribution is 8.13. The molecule has 1 heterocycles. The Morgan fingerprint density at radius 3 is 2.69 bits per heavy atom. The third-order valence-electron chi connectivity index (χ3n) is 4.51. The van der Waals surface area contributed by atoms with E-state index in [1.165, 1.54) is 0 Å². The monoisotopic (exact) mass is 414 g/mol. The SMILES string of the molecule is COc1ccc(OC)c(N=C2SCCCN2C(=O)[C@H](C)Oc2cccc(C)c2)c1. The zero-order valence-corrected chi connectivity index (χ0v) is 18.0. The molecule has 1 aliphatic rings. The van der Waals surface area contributed by atoms with Gasteiger partial charge in [0.15, 0.2) is 11.3 Å². The van der Waals surface area contributed by atoms with Crippen molar-refractivity contribution in [3.8, 4) is 17.2 Å². The summed E-state index contributed by atoms with van der Waals surface area (Å²) in [4.78, 5) is 19.5. The van der Waals surface area contributed by atoms with Gasteiger partial charge in [-0.3, -0.25) is 9.69 Å². The Kier molecular flexibility index (Phi) is 7.04. The van der Waals surface area contributed by atoms with Gasteiger partial charge >= 0.3 is 0 Å². The highest BCUT2D eigenvalue weighted by Gasteiger charge is 2.29. The van der Waals surface area contributed by atoms with Gasteiger partial charge < -0.3 is 14.2 Å². The number of carbonyl (C=O) groups excluding carboxylic acids is 1. The first-order valence-corrected chi connectivity index (χ1v) is 10.5. The molecule has 0 unspecified atom stereocenters. The van der Waals surface area contributed by atoms with E-state index in [0.29, 0.717) is 34.6 Å². The number of hydrogen-bond donors (Lipinski definition) is 0. The third kappa shape index (κ3) is 5.23. The van der Waals surface area contributed by atoms with E-state index in [1.54, 1.807) is 49.9 Å². The lowest BCUT2D eigenvalue weighted by Gasteiger charge is -2.30.